The van der Waals surface area contributed by atoms with Crippen LogP contribution in [0.4, 0.5) is 20.7 Å². The van der Waals surface area contributed by atoms with Gasteiger partial charge in [0.1, 0.15) is 22.9 Å². The molecular formula is C20H19FN6O2S. The monoisotopic (exact) mass is 426 g/mol. The fraction of sp³-hybridized carbons (Fsp3) is 0.350. The number of nitrogens with zero attached hydrogens (tertiary/aromatic N) is 6. The summed E-state index contributed by atoms with van der Waals surface area (Å²) < 4.78 is 23.1. The second-order valence-electron chi connectivity index (χ2n) is 7.52. The van der Waals surface area contributed by atoms with Crippen LogP contribution in [0.5, 0.6) is 0 Å². The molecule has 10 heteroatoms. The predicted octanol–water partition coefficient (Wildman–Crippen LogP) is 3.44. The number of benzene rings is 1. The topological polar surface area (TPSA) is 84.3 Å². The lowest BCUT2D eigenvalue weighted by molar-refractivity contribution is 0.0365. The van der Waals surface area contributed by atoms with E-state index in [1.54, 1.807) is 17.0 Å². The number of hydrogen-bond acceptors (Lipinski definition) is 8. The Morgan fingerprint density at radius 3 is 2.50 bits per heavy atom. The summed E-state index contributed by atoms with van der Waals surface area (Å²) in [5.41, 5.74) is 0.825. The van der Waals surface area contributed by atoms with Gasteiger partial charge in [-0.1, -0.05) is 0 Å². The first-order chi connectivity index (χ1) is 14.5. The van der Waals surface area contributed by atoms with Crippen molar-refractivity contribution in [2.24, 2.45) is 0 Å². The lowest BCUT2D eigenvalue weighted by Crippen LogP contribution is -2.47. The molecule has 1 spiro atoms. The Kier molecular flexibility index (Phi) is 4.58. The molecule has 1 aromatic carbocycles. The Morgan fingerprint density at radius 1 is 1.10 bits per heavy atom. The van der Waals surface area contributed by atoms with Gasteiger partial charge in [-0.3, -0.25) is 4.90 Å². The SMILES string of the molecule is Cc1nsc(-c2ccc(N3CCC4(CC3)CN(c3ccc(F)cc3)C(=O)O4)nn2)n1. The zero-order valence-electron chi connectivity index (χ0n) is 16.3. The molecule has 0 saturated carbocycles. The van der Waals surface area contributed by atoms with Crippen LogP contribution in [-0.4, -0.2) is 50.9 Å². The molecule has 2 aromatic heterocycles. The van der Waals surface area contributed by atoms with Crippen LogP contribution in [0.3, 0.4) is 0 Å². The van der Waals surface area contributed by atoms with Crippen LogP contribution in [0.15, 0.2) is 36.4 Å². The summed E-state index contributed by atoms with van der Waals surface area (Å²) >= 11 is 1.30. The lowest BCUT2D eigenvalue weighted by Gasteiger charge is -2.37. The largest absolute Gasteiger partial charge is 0.440 e. The van der Waals surface area contributed by atoms with Gasteiger partial charge in [0.25, 0.3) is 0 Å². The van der Waals surface area contributed by atoms with E-state index in [1.165, 1.54) is 23.7 Å². The van der Waals surface area contributed by atoms with Gasteiger partial charge < -0.3 is 9.64 Å². The fourth-order valence-electron chi connectivity index (χ4n) is 3.86. The van der Waals surface area contributed by atoms with Gasteiger partial charge in [-0.05, 0) is 54.9 Å². The quantitative estimate of drug-likeness (QED) is 0.634. The molecule has 2 fully saturated rings. The highest BCUT2D eigenvalue weighted by molar-refractivity contribution is 7.09. The van der Waals surface area contributed by atoms with Crippen LogP contribution in [0.1, 0.15) is 18.7 Å². The summed E-state index contributed by atoms with van der Waals surface area (Å²) in [6.45, 7) is 3.72. The van der Waals surface area contributed by atoms with E-state index in [0.717, 1.165) is 16.6 Å². The van der Waals surface area contributed by atoms with Gasteiger partial charge in [-0.15, -0.1) is 10.2 Å². The number of anilines is 2. The van der Waals surface area contributed by atoms with Gasteiger partial charge in [-0.25, -0.2) is 14.2 Å². The normalized spacial score (nSPS) is 18.1. The van der Waals surface area contributed by atoms with Crippen LogP contribution in [0.2, 0.25) is 0 Å². The Morgan fingerprint density at radius 2 is 1.87 bits per heavy atom. The average molecular weight is 426 g/mol. The summed E-state index contributed by atoms with van der Waals surface area (Å²) in [5, 5.41) is 9.39. The van der Waals surface area contributed by atoms with E-state index in [1.807, 2.05) is 19.1 Å². The Labute approximate surface area is 176 Å². The van der Waals surface area contributed by atoms with E-state index in [0.29, 0.717) is 43.9 Å². The first kappa shape index (κ1) is 18.9. The highest BCUT2D eigenvalue weighted by Gasteiger charge is 2.47. The maximum atomic E-state index is 13.2. The van der Waals surface area contributed by atoms with E-state index in [9.17, 15) is 9.18 Å². The molecule has 1 amide bonds. The lowest BCUT2D eigenvalue weighted by atomic mass is 9.91. The highest BCUT2D eigenvalue weighted by atomic mass is 32.1. The van der Waals surface area contributed by atoms with Gasteiger partial charge in [0.05, 0.1) is 6.54 Å². The number of ether oxygens (including phenoxy) is 1. The zero-order chi connectivity index (χ0) is 20.7. The van der Waals surface area contributed by atoms with Crippen LogP contribution in [-0.2, 0) is 4.74 Å². The van der Waals surface area contributed by atoms with Crippen molar-refractivity contribution < 1.29 is 13.9 Å². The van der Waals surface area contributed by atoms with Crippen molar-refractivity contribution in [3.8, 4) is 10.7 Å². The Balaban J connectivity index is 1.25. The van der Waals surface area contributed by atoms with Crippen molar-refractivity contribution in [2.45, 2.75) is 25.4 Å². The van der Waals surface area contributed by atoms with Gasteiger partial charge in [0.2, 0.25) is 0 Å². The molecule has 2 aliphatic rings. The predicted molar refractivity (Wildman–Crippen MR) is 110 cm³/mol. The number of halogens is 1. The van der Waals surface area contributed by atoms with E-state index >= 15 is 0 Å². The molecule has 2 saturated heterocycles. The molecule has 3 aromatic rings. The summed E-state index contributed by atoms with van der Waals surface area (Å²) in [5.74, 6) is 1.18. The van der Waals surface area contributed by atoms with E-state index in [4.69, 9.17) is 4.74 Å². The van der Waals surface area contributed by atoms with E-state index in [2.05, 4.69) is 24.5 Å². The molecule has 8 nitrogen and oxygen atoms in total. The van der Waals surface area contributed by atoms with Crippen LogP contribution < -0.4 is 9.80 Å². The number of aryl methyl sites for hydroxylation is 1. The summed E-state index contributed by atoms with van der Waals surface area (Å²) in [7, 11) is 0. The smallest absolute Gasteiger partial charge is 0.415 e. The third kappa shape index (κ3) is 3.47. The molecular weight excluding hydrogens is 407 g/mol. The van der Waals surface area contributed by atoms with Crippen LogP contribution in [0.25, 0.3) is 10.7 Å². The fourth-order valence-corrected chi connectivity index (χ4v) is 4.49. The number of rotatable bonds is 3. The van der Waals surface area contributed by atoms with Crippen molar-refractivity contribution in [1.29, 1.82) is 0 Å². The van der Waals surface area contributed by atoms with Crippen LogP contribution >= 0.6 is 11.5 Å². The molecule has 2 aliphatic heterocycles. The van der Waals surface area contributed by atoms with Crippen molar-refractivity contribution >= 4 is 29.1 Å². The molecule has 0 aliphatic carbocycles. The molecule has 0 radical (unpaired) electrons. The van der Waals surface area contributed by atoms with Gasteiger partial charge in [0, 0.05) is 31.6 Å². The summed E-state index contributed by atoms with van der Waals surface area (Å²) in [6.07, 6.45) is 0.997. The second kappa shape index (κ2) is 7.28. The van der Waals surface area contributed by atoms with Gasteiger partial charge in [-0.2, -0.15) is 4.37 Å². The van der Waals surface area contributed by atoms with Gasteiger partial charge >= 0.3 is 6.09 Å². The third-order valence-electron chi connectivity index (χ3n) is 5.50. The van der Waals surface area contributed by atoms with Crippen molar-refractivity contribution in [3.63, 3.8) is 0 Å². The van der Waals surface area contributed by atoms with Crippen LogP contribution in [0, 0.1) is 12.7 Å². The number of carbonyl (C=O) groups excluding carboxylic acids is 1. The molecule has 4 heterocycles. The first-order valence-electron chi connectivity index (χ1n) is 9.67. The minimum atomic E-state index is -0.528. The summed E-state index contributed by atoms with van der Waals surface area (Å²) in [6, 6.07) is 9.73. The molecule has 5 rings (SSSR count). The highest BCUT2D eigenvalue weighted by Crippen LogP contribution is 2.36. The number of piperidine rings is 1. The van der Waals surface area contributed by atoms with E-state index in [-0.39, 0.29) is 11.9 Å². The zero-order valence-corrected chi connectivity index (χ0v) is 17.1. The molecule has 0 bridgehead atoms. The Bertz CT molecular complexity index is 1060. The van der Waals surface area contributed by atoms with E-state index < -0.39 is 5.60 Å². The summed E-state index contributed by atoms with van der Waals surface area (Å²) in [4.78, 5) is 20.5. The number of hydrogen-bond donors (Lipinski definition) is 0. The number of carbonyl (C=O) groups is 1. The van der Waals surface area contributed by atoms with Crippen molar-refractivity contribution in [3.05, 3.63) is 48.0 Å². The second-order valence-corrected chi connectivity index (χ2v) is 8.28. The maximum Gasteiger partial charge on any atom is 0.415 e. The first-order valence-corrected chi connectivity index (χ1v) is 10.4. The molecule has 0 atom stereocenters. The maximum absolute atomic E-state index is 13.2. The number of aromatic nitrogens is 4. The molecule has 0 N–H and O–H groups in total. The minimum absolute atomic E-state index is 0.331. The third-order valence-corrected chi connectivity index (χ3v) is 6.33. The number of amides is 1. The average Bonchev–Trinajstić information content (AvgIpc) is 3.33. The molecule has 154 valence electrons. The van der Waals surface area contributed by atoms with Gasteiger partial charge in [0.15, 0.2) is 10.8 Å². The molecule has 0 unspecified atom stereocenters. The molecule has 30 heavy (non-hydrogen) atoms. The minimum Gasteiger partial charge on any atom is -0.440 e. The Hall–Kier alpha value is -3.14. The standard InChI is InChI=1S/C20H19FN6O2S/c1-13-22-18(30-25-13)16-6-7-17(24-23-16)26-10-8-20(9-11-26)12-27(19(28)29-20)15-4-2-14(21)3-5-15/h2-7H,8-12H2,1H3. The van der Waals surface area contributed by atoms with Crippen molar-refractivity contribution in [1.82, 2.24) is 19.6 Å². The van der Waals surface area contributed by atoms with Crippen molar-refractivity contribution in [2.75, 3.05) is 29.4 Å².